The maximum Gasteiger partial charge on any atom is 0.335 e. The number of amides is 1. The van der Waals surface area contributed by atoms with Crippen molar-refractivity contribution in [2.75, 3.05) is 23.8 Å². The van der Waals surface area contributed by atoms with Crippen molar-refractivity contribution in [3.05, 3.63) is 63.7 Å². The van der Waals surface area contributed by atoms with Gasteiger partial charge in [0.25, 0.3) is 5.69 Å². The summed E-state index contributed by atoms with van der Waals surface area (Å²) >= 11 is 0. The molecular formula is C18H15N3O6. The Morgan fingerprint density at radius 2 is 1.96 bits per heavy atom. The van der Waals surface area contributed by atoms with Gasteiger partial charge in [0.1, 0.15) is 11.6 Å². The molecule has 9 heteroatoms. The minimum absolute atomic E-state index is 0.0323. The highest BCUT2D eigenvalue weighted by Crippen LogP contribution is 2.35. The van der Waals surface area contributed by atoms with Crippen LogP contribution >= 0.6 is 0 Å². The number of nitrogens with zero attached hydrogens (tertiary/aromatic N) is 2. The summed E-state index contributed by atoms with van der Waals surface area (Å²) in [6.07, 6.45) is 0. The molecule has 0 saturated carbocycles. The number of hydrogen-bond donors (Lipinski definition) is 2. The van der Waals surface area contributed by atoms with Gasteiger partial charge in [0.05, 0.1) is 17.0 Å². The molecule has 0 fully saturated rings. The van der Waals surface area contributed by atoms with Gasteiger partial charge in [-0.3, -0.25) is 19.7 Å². The monoisotopic (exact) mass is 369 g/mol. The fraction of sp³-hybridized carbons (Fsp3) is 0.167. The van der Waals surface area contributed by atoms with Crippen molar-refractivity contribution < 1.29 is 24.4 Å². The molecule has 27 heavy (non-hydrogen) atoms. The van der Waals surface area contributed by atoms with Crippen LogP contribution in [0.2, 0.25) is 0 Å². The number of hydrogen-bond acceptors (Lipinski definition) is 6. The van der Waals surface area contributed by atoms with Crippen molar-refractivity contribution in [3.63, 3.8) is 0 Å². The number of Topliss-reactive ketones (excluding diaryl/α,β-unsaturated/α-hetero) is 1. The second-order valence-electron chi connectivity index (χ2n) is 6.10. The third-order valence-corrected chi connectivity index (χ3v) is 4.33. The van der Waals surface area contributed by atoms with Gasteiger partial charge in [-0.1, -0.05) is 12.1 Å². The van der Waals surface area contributed by atoms with Gasteiger partial charge < -0.3 is 15.3 Å². The van der Waals surface area contributed by atoms with Crippen LogP contribution in [0.15, 0.2) is 42.5 Å². The molecule has 1 unspecified atom stereocenters. The van der Waals surface area contributed by atoms with Crippen molar-refractivity contribution in [1.29, 1.82) is 0 Å². The summed E-state index contributed by atoms with van der Waals surface area (Å²) < 4.78 is 0. The Bertz CT molecular complexity index is 971. The lowest BCUT2D eigenvalue weighted by Crippen LogP contribution is -2.32. The third kappa shape index (κ3) is 3.34. The number of nitro groups is 1. The number of nitro benzene ring substituents is 1. The summed E-state index contributed by atoms with van der Waals surface area (Å²) in [5.41, 5.74) is 0.735. The van der Waals surface area contributed by atoms with Crippen LogP contribution in [0.4, 0.5) is 17.1 Å². The van der Waals surface area contributed by atoms with E-state index in [4.69, 9.17) is 5.11 Å². The fourth-order valence-electron chi connectivity index (χ4n) is 3.07. The normalized spacial score (nSPS) is 15.0. The first kappa shape index (κ1) is 18.1. The molecule has 9 nitrogen and oxygen atoms in total. The van der Waals surface area contributed by atoms with E-state index in [2.05, 4.69) is 5.32 Å². The van der Waals surface area contributed by atoms with Gasteiger partial charge in [-0.25, -0.2) is 4.79 Å². The summed E-state index contributed by atoms with van der Waals surface area (Å²) in [4.78, 5) is 48.2. The van der Waals surface area contributed by atoms with Crippen LogP contribution in [-0.4, -0.2) is 41.3 Å². The molecule has 1 aliphatic rings. The first-order valence-corrected chi connectivity index (χ1v) is 7.95. The standard InChI is InChI=1S/C18H15N3O6/c1-20(13-4-2-3-5-14(13)21(26)27)9-15(22)16-11-8-10(18(24)25)6-7-12(11)19-17(16)23/h2-8,16H,9H2,1H3,(H,19,23)(H,24,25). The van der Waals surface area contributed by atoms with Crippen molar-refractivity contribution in [2.45, 2.75) is 5.92 Å². The number of carbonyl (C=O) groups is 3. The molecule has 0 saturated heterocycles. The van der Waals surface area contributed by atoms with E-state index in [9.17, 15) is 24.5 Å². The molecule has 1 heterocycles. The molecule has 3 rings (SSSR count). The fourth-order valence-corrected chi connectivity index (χ4v) is 3.07. The summed E-state index contributed by atoms with van der Waals surface area (Å²) in [7, 11) is 1.52. The molecule has 2 aromatic rings. The highest BCUT2D eigenvalue weighted by atomic mass is 16.6. The minimum Gasteiger partial charge on any atom is -0.478 e. The lowest BCUT2D eigenvalue weighted by atomic mass is 9.94. The number of carboxylic acids is 1. The molecular weight excluding hydrogens is 354 g/mol. The van der Waals surface area contributed by atoms with Crippen molar-refractivity contribution in [2.24, 2.45) is 0 Å². The zero-order valence-electron chi connectivity index (χ0n) is 14.2. The predicted molar refractivity (Wildman–Crippen MR) is 96.1 cm³/mol. The number of carboxylic acid groups (broad SMARTS) is 1. The number of para-hydroxylation sites is 2. The van der Waals surface area contributed by atoms with E-state index in [0.29, 0.717) is 11.3 Å². The first-order valence-electron chi connectivity index (χ1n) is 7.95. The number of anilines is 2. The number of aromatic carboxylic acids is 1. The van der Waals surface area contributed by atoms with E-state index in [1.807, 2.05) is 0 Å². The van der Waals surface area contributed by atoms with Crippen molar-refractivity contribution >= 4 is 34.7 Å². The average molecular weight is 369 g/mol. The largest absolute Gasteiger partial charge is 0.478 e. The van der Waals surface area contributed by atoms with Crippen LogP contribution < -0.4 is 10.2 Å². The van der Waals surface area contributed by atoms with Gasteiger partial charge in [-0.05, 0) is 29.8 Å². The molecule has 0 bridgehead atoms. The molecule has 1 amide bonds. The van der Waals surface area contributed by atoms with E-state index in [0.717, 1.165) is 0 Å². The summed E-state index contributed by atoms with van der Waals surface area (Å²) in [6.45, 7) is -0.250. The molecule has 1 atom stereocenters. The second-order valence-corrected chi connectivity index (χ2v) is 6.10. The number of benzene rings is 2. The van der Waals surface area contributed by atoms with E-state index < -0.39 is 28.5 Å². The van der Waals surface area contributed by atoms with Crippen LogP contribution in [-0.2, 0) is 9.59 Å². The lowest BCUT2D eigenvalue weighted by Gasteiger charge is -2.20. The predicted octanol–water partition coefficient (Wildman–Crippen LogP) is 2.03. The third-order valence-electron chi connectivity index (χ3n) is 4.33. The van der Waals surface area contributed by atoms with Gasteiger partial charge in [0.2, 0.25) is 5.91 Å². The van der Waals surface area contributed by atoms with Crippen LogP contribution in [0.1, 0.15) is 21.8 Å². The Kier molecular flexibility index (Phi) is 4.59. The van der Waals surface area contributed by atoms with Crippen LogP contribution in [0.3, 0.4) is 0 Å². The molecule has 0 spiro atoms. The zero-order chi connectivity index (χ0) is 19.7. The number of fused-ring (bicyclic) bond motifs is 1. The van der Waals surface area contributed by atoms with Crippen LogP contribution in [0.5, 0.6) is 0 Å². The number of likely N-dealkylation sites (N-methyl/N-ethyl adjacent to an activating group) is 1. The van der Waals surface area contributed by atoms with Crippen molar-refractivity contribution in [3.8, 4) is 0 Å². The number of carbonyl (C=O) groups excluding carboxylic acids is 2. The SMILES string of the molecule is CN(CC(=O)C1C(=O)Nc2ccc(C(=O)O)cc21)c1ccccc1[N+](=O)[O-]. The number of rotatable bonds is 6. The van der Waals surface area contributed by atoms with E-state index in [1.54, 1.807) is 6.07 Å². The maximum atomic E-state index is 12.7. The molecule has 1 aliphatic heterocycles. The van der Waals surface area contributed by atoms with Gasteiger partial charge in [-0.15, -0.1) is 0 Å². The summed E-state index contributed by atoms with van der Waals surface area (Å²) in [5.74, 6) is -3.37. The van der Waals surface area contributed by atoms with Crippen LogP contribution in [0.25, 0.3) is 0 Å². The van der Waals surface area contributed by atoms with Gasteiger partial charge in [0.15, 0.2) is 5.78 Å². The van der Waals surface area contributed by atoms with Gasteiger partial charge >= 0.3 is 5.97 Å². The molecule has 2 N–H and O–H groups in total. The molecule has 0 aliphatic carbocycles. The highest BCUT2D eigenvalue weighted by molar-refractivity contribution is 6.18. The zero-order valence-corrected chi connectivity index (χ0v) is 14.2. The Balaban J connectivity index is 1.88. The number of nitrogens with one attached hydrogen (secondary N) is 1. The number of ketones is 1. The van der Waals surface area contributed by atoms with E-state index in [1.165, 1.54) is 48.3 Å². The van der Waals surface area contributed by atoms with Crippen molar-refractivity contribution in [1.82, 2.24) is 0 Å². The van der Waals surface area contributed by atoms with Crippen LogP contribution in [0, 0.1) is 10.1 Å². The molecule has 0 aromatic heterocycles. The van der Waals surface area contributed by atoms with Gasteiger partial charge in [0, 0.05) is 18.8 Å². The minimum atomic E-state index is -1.17. The van der Waals surface area contributed by atoms with E-state index >= 15 is 0 Å². The van der Waals surface area contributed by atoms with E-state index in [-0.39, 0.29) is 23.5 Å². The maximum absolute atomic E-state index is 12.7. The Labute approximate surface area is 153 Å². The quantitative estimate of drug-likeness (QED) is 0.453. The Morgan fingerprint density at radius 1 is 1.26 bits per heavy atom. The lowest BCUT2D eigenvalue weighted by molar-refractivity contribution is -0.384. The molecule has 0 radical (unpaired) electrons. The smallest absolute Gasteiger partial charge is 0.335 e. The Hall–Kier alpha value is -3.75. The Morgan fingerprint density at radius 3 is 2.63 bits per heavy atom. The summed E-state index contributed by atoms with van der Waals surface area (Å²) in [5, 5.41) is 22.8. The second kappa shape index (κ2) is 6.87. The summed E-state index contributed by atoms with van der Waals surface area (Å²) in [6, 6.07) is 10.0. The molecule has 2 aromatic carbocycles. The van der Waals surface area contributed by atoms with Gasteiger partial charge in [-0.2, -0.15) is 0 Å². The topological polar surface area (TPSA) is 130 Å². The average Bonchev–Trinajstić information content (AvgIpc) is 2.96. The molecule has 138 valence electrons. The highest BCUT2D eigenvalue weighted by Gasteiger charge is 2.37. The first-order chi connectivity index (χ1) is 12.8.